The molecule has 2 N–H and O–H groups in total. The summed E-state index contributed by atoms with van der Waals surface area (Å²) in [5.41, 5.74) is 1.28. The summed E-state index contributed by atoms with van der Waals surface area (Å²) in [6.45, 7) is 3.06. The lowest BCUT2D eigenvalue weighted by Gasteiger charge is -2.06. The molecule has 1 aromatic carbocycles. The van der Waals surface area contributed by atoms with E-state index < -0.39 is 0 Å². The minimum atomic E-state index is 0.263. The van der Waals surface area contributed by atoms with Crippen molar-refractivity contribution in [3.8, 4) is 0 Å². The maximum absolute atomic E-state index is 8.65. The van der Waals surface area contributed by atoms with Crippen LogP contribution in [0.3, 0.4) is 0 Å². The summed E-state index contributed by atoms with van der Waals surface area (Å²) in [4.78, 5) is 0. The molecule has 0 radical (unpaired) electrons. The van der Waals surface area contributed by atoms with Gasteiger partial charge < -0.3 is 15.0 Å². The third-order valence-corrected chi connectivity index (χ3v) is 2.72. The normalized spacial score (nSPS) is 11.1. The Morgan fingerprint density at radius 3 is 2.88 bits per heavy atom. The number of fused-ring (bicyclic) bond motifs is 1. The second-order valence-corrected chi connectivity index (χ2v) is 3.90. The van der Waals surface area contributed by atoms with Gasteiger partial charge in [0.15, 0.2) is 0 Å². The van der Waals surface area contributed by atoms with Gasteiger partial charge in [0.25, 0.3) is 0 Å². The van der Waals surface area contributed by atoms with Crippen molar-refractivity contribution >= 4 is 10.9 Å². The van der Waals surface area contributed by atoms with Gasteiger partial charge in [0.2, 0.25) is 0 Å². The van der Waals surface area contributed by atoms with E-state index in [9.17, 15) is 0 Å². The molecule has 0 unspecified atom stereocenters. The van der Waals surface area contributed by atoms with Crippen molar-refractivity contribution in [3.05, 3.63) is 36.5 Å². The molecule has 86 valence electrons. The molecule has 3 heteroatoms. The molecule has 0 saturated heterocycles. The van der Waals surface area contributed by atoms with Gasteiger partial charge in [0.05, 0.1) is 0 Å². The first kappa shape index (κ1) is 11.2. The van der Waals surface area contributed by atoms with E-state index in [2.05, 4.69) is 46.4 Å². The van der Waals surface area contributed by atoms with Crippen molar-refractivity contribution in [3.63, 3.8) is 0 Å². The first-order valence-electron chi connectivity index (χ1n) is 5.77. The van der Waals surface area contributed by atoms with Crippen LogP contribution in [0.5, 0.6) is 0 Å². The third kappa shape index (κ3) is 2.62. The molecule has 0 saturated carbocycles. The number of nitrogens with one attached hydrogen (secondary N) is 1. The number of hydrogen-bond donors (Lipinski definition) is 2. The van der Waals surface area contributed by atoms with Crippen molar-refractivity contribution in [2.75, 3.05) is 19.7 Å². The lowest BCUT2D eigenvalue weighted by atomic mass is 10.2. The molecular weight excluding hydrogens is 200 g/mol. The van der Waals surface area contributed by atoms with Gasteiger partial charge in [-0.1, -0.05) is 18.2 Å². The Balaban J connectivity index is 1.89. The van der Waals surface area contributed by atoms with Crippen LogP contribution in [0.1, 0.15) is 6.42 Å². The fourth-order valence-electron chi connectivity index (χ4n) is 1.86. The van der Waals surface area contributed by atoms with Gasteiger partial charge in [-0.2, -0.15) is 0 Å². The van der Waals surface area contributed by atoms with Gasteiger partial charge in [0, 0.05) is 31.4 Å². The number of rotatable bonds is 6. The van der Waals surface area contributed by atoms with Crippen LogP contribution in [0.4, 0.5) is 0 Å². The molecule has 16 heavy (non-hydrogen) atoms. The van der Waals surface area contributed by atoms with E-state index in [1.165, 1.54) is 10.9 Å². The summed E-state index contributed by atoms with van der Waals surface area (Å²) >= 11 is 0. The molecule has 0 aliphatic carbocycles. The fourth-order valence-corrected chi connectivity index (χ4v) is 1.86. The van der Waals surface area contributed by atoms with Crippen LogP contribution >= 0.6 is 0 Å². The molecule has 0 aliphatic rings. The number of aromatic nitrogens is 1. The quantitative estimate of drug-likeness (QED) is 0.723. The highest BCUT2D eigenvalue weighted by atomic mass is 16.3. The summed E-state index contributed by atoms with van der Waals surface area (Å²) in [5.74, 6) is 0. The third-order valence-electron chi connectivity index (χ3n) is 2.72. The van der Waals surface area contributed by atoms with Crippen molar-refractivity contribution in [1.82, 2.24) is 9.88 Å². The largest absolute Gasteiger partial charge is 0.396 e. The van der Waals surface area contributed by atoms with Gasteiger partial charge in [-0.05, 0) is 30.5 Å². The first-order valence-corrected chi connectivity index (χ1v) is 5.77. The van der Waals surface area contributed by atoms with Crippen LogP contribution in [0, 0.1) is 0 Å². The summed E-state index contributed by atoms with van der Waals surface area (Å²) in [6.07, 6.45) is 2.95. The van der Waals surface area contributed by atoms with Crippen molar-refractivity contribution in [2.45, 2.75) is 13.0 Å². The summed E-state index contributed by atoms with van der Waals surface area (Å²) in [7, 11) is 0. The molecule has 2 rings (SSSR count). The highest BCUT2D eigenvalue weighted by molar-refractivity contribution is 5.79. The molecule has 1 heterocycles. The molecule has 0 atom stereocenters. The lowest BCUT2D eigenvalue weighted by Crippen LogP contribution is -2.21. The molecule has 3 nitrogen and oxygen atoms in total. The van der Waals surface area contributed by atoms with Crippen molar-refractivity contribution in [1.29, 1.82) is 0 Å². The Kier molecular flexibility index (Phi) is 3.97. The molecule has 0 fully saturated rings. The molecule has 0 spiro atoms. The lowest BCUT2D eigenvalue weighted by molar-refractivity contribution is 0.286. The number of benzene rings is 1. The second kappa shape index (κ2) is 5.68. The van der Waals surface area contributed by atoms with Crippen molar-refractivity contribution < 1.29 is 5.11 Å². The molecule has 0 aliphatic heterocycles. The van der Waals surface area contributed by atoms with E-state index in [1.54, 1.807) is 0 Å². The molecule has 1 aromatic heterocycles. The maximum atomic E-state index is 8.65. The van der Waals surface area contributed by atoms with Gasteiger partial charge in [-0.3, -0.25) is 0 Å². The minimum absolute atomic E-state index is 0.263. The summed E-state index contributed by atoms with van der Waals surface area (Å²) in [5, 5.41) is 13.2. The van der Waals surface area contributed by atoms with Crippen molar-refractivity contribution in [2.24, 2.45) is 0 Å². The zero-order valence-corrected chi connectivity index (χ0v) is 9.39. The van der Waals surface area contributed by atoms with Gasteiger partial charge in [-0.15, -0.1) is 0 Å². The van der Waals surface area contributed by atoms with Crippen LogP contribution in [0.25, 0.3) is 10.9 Å². The van der Waals surface area contributed by atoms with E-state index in [-0.39, 0.29) is 6.61 Å². The average molecular weight is 218 g/mol. The monoisotopic (exact) mass is 218 g/mol. The average Bonchev–Trinajstić information content (AvgIpc) is 2.73. The van der Waals surface area contributed by atoms with Gasteiger partial charge in [-0.25, -0.2) is 0 Å². The van der Waals surface area contributed by atoms with E-state index in [1.807, 2.05) is 0 Å². The SMILES string of the molecule is OCCCNCCn1ccc2ccccc21. The molecule has 2 aromatic rings. The molecule has 0 bridgehead atoms. The Morgan fingerprint density at radius 1 is 1.12 bits per heavy atom. The summed E-state index contributed by atoms with van der Waals surface area (Å²) in [6, 6.07) is 10.5. The molecular formula is C13H18N2O. The van der Waals surface area contributed by atoms with E-state index in [0.29, 0.717) is 0 Å². The van der Waals surface area contributed by atoms with E-state index >= 15 is 0 Å². The van der Waals surface area contributed by atoms with E-state index in [0.717, 1.165) is 26.1 Å². The number of aliphatic hydroxyl groups excluding tert-OH is 1. The second-order valence-electron chi connectivity index (χ2n) is 3.90. The Hall–Kier alpha value is -1.32. The van der Waals surface area contributed by atoms with E-state index in [4.69, 9.17) is 5.11 Å². The highest BCUT2D eigenvalue weighted by Crippen LogP contribution is 2.14. The van der Waals surface area contributed by atoms with Crippen LogP contribution in [-0.4, -0.2) is 29.4 Å². The Morgan fingerprint density at radius 2 is 2.00 bits per heavy atom. The summed E-state index contributed by atoms with van der Waals surface area (Å²) < 4.78 is 2.25. The smallest absolute Gasteiger partial charge is 0.0480 e. The number of para-hydroxylation sites is 1. The predicted octanol–water partition coefficient (Wildman–Crippen LogP) is 1.61. The number of hydrogen-bond acceptors (Lipinski definition) is 2. The highest BCUT2D eigenvalue weighted by Gasteiger charge is 1.98. The zero-order chi connectivity index (χ0) is 11.2. The first-order chi connectivity index (χ1) is 7.92. The van der Waals surface area contributed by atoms with Crippen LogP contribution < -0.4 is 5.32 Å². The molecule has 0 amide bonds. The number of nitrogens with zero attached hydrogens (tertiary/aromatic N) is 1. The standard InChI is InChI=1S/C13H18N2O/c16-11-3-7-14-8-10-15-9-6-12-4-1-2-5-13(12)15/h1-2,4-6,9,14,16H,3,7-8,10-11H2. The fraction of sp³-hybridized carbons (Fsp3) is 0.385. The topological polar surface area (TPSA) is 37.2 Å². The Bertz CT molecular complexity index is 436. The van der Waals surface area contributed by atoms with Crippen LogP contribution in [-0.2, 0) is 6.54 Å². The number of aliphatic hydroxyl groups is 1. The van der Waals surface area contributed by atoms with Gasteiger partial charge in [0.1, 0.15) is 0 Å². The zero-order valence-electron chi connectivity index (χ0n) is 9.39. The Labute approximate surface area is 95.7 Å². The van der Waals surface area contributed by atoms with Crippen LogP contribution in [0.2, 0.25) is 0 Å². The van der Waals surface area contributed by atoms with Gasteiger partial charge >= 0.3 is 0 Å². The minimum Gasteiger partial charge on any atom is -0.396 e. The maximum Gasteiger partial charge on any atom is 0.0480 e. The predicted molar refractivity (Wildman–Crippen MR) is 66.5 cm³/mol. The van der Waals surface area contributed by atoms with Crippen LogP contribution in [0.15, 0.2) is 36.5 Å².